The molecule has 8 nitrogen and oxygen atoms in total. The predicted molar refractivity (Wildman–Crippen MR) is 104 cm³/mol. The van der Waals surface area contributed by atoms with Crippen LogP contribution in [-0.4, -0.2) is 42.5 Å². The number of ether oxygens (including phenoxy) is 1. The molecule has 0 saturated carbocycles. The SMILES string of the molecule is Nc1nc(-c2ccccc2)c(-c2ccnnc2)c2nc(CC3CCCO3)nn12. The minimum absolute atomic E-state index is 0.159. The Morgan fingerprint density at radius 1 is 1.07 bits per heavy atom. The van der Waals surface area contributed by atoms with Crippen LogP contribution >= 0.6 is 0 Å². The smallest absolute Gasteiger partial charge is 0.223 e. The van der Waals surface area contributed by atoms with Crippen molar-refractivity contribution >= 4 is 11.6 Å². The van der Waals surface area contributed by atoms with Gasteiger partial charge in [0.2, 0.25) is 5.95 Å². The van der Waals surface area contributed by atoms with Crippen molar-refractivity contribution in [2.24, 2.45) is 0 Å². The number of anilines is 1. The molecule has 1 atom stereocenters. The standard InChI is InChI=1S/C20H19N7O/c21-20-25-18(13-5-2-1-3-6-13)17(14-8-9-22-23-12-14)19-24-16(26-27(19)20)11-15-7-4-10-28-15/h1-3,5-6,8-9,12,15H,4,7,10-11H2,(H2,21,25). The number of nitrogen functional groups attached to an aromatic ring is 1. The van der Waals surface area contributed by atoms with Crippen LogP contribution in [0.15, 0.2) is 48.8 Å². The van der Waals surface area contributed by atoms with E-state index in [9.17, 15) is 0 Å². The molecule has 4 heterocycles. The second-order valence-electron chi connectivity index (χ2n) is 6.79. The Kier molecular flexibility index (Phi) is 4.17. The largest absolute Gasteiger partial charge is 0.378 e. The van der Waals surface area contributed by atoms with Crippen LogP contribution in [0.4, 0.5) is 5.95 Å². The fourth-order valence-corrected chi connectivity index (χ4v) is 3.60. The molecule has 0 amide bonds. The molecule has 0 radical (unpaired) electrons. The molecule has 1 saturated heterocycles. The second-order valence-corrected chi connectivity index (χ2v) is 6.79. The predicted octanol–water partition coefficient (Wildman–Crippen LogP) is 2.55. The van der Waals surface area contributed by atoms with Gasteiger partial charge in [-0.3, -0.25) is 0 Å². The molecule has 1 aromatic carbocycles. The van der Waals surface area contributed by atoms with Gasteiger partial charge in [0.25, 0.3) is 0 Å². The maximum atomic E-state index is 6.25. The number of nitrogens with zero attached hydrogens (tertiary/aromatic N) is 6. The Hall–Kier alpha value is -3.39. The van der Waals surface area contributed by atoms with E-state index in [1.54, 1.807) is 16.9 Å². The van der Waals surface area contributed by atoms with E-state index < -0.39 is 0 Å². The van der Waals surface area contributed by atoms with Gasteiger partial charge in [0.1, 0.15) is 0 Å². The number of aromatic nitrogens is 6. The van der Waals surface area contributed by atoms with Crippen LogP contribution < -0.4 is 5.73 Å². The fourth-order valence-electron chi connectivity index (χ4n) is 3.60. The third-order valence-corrected chi connectivity index (χ3v) is 4.91. The summed E-state index contributed by atoms with van der Waals surface area (Å²) in [6, 6.07) is 11.8. The van der Waals surface area contributed by atoms with Crippen LogP contribution in [0, 0.1) is 0 Å². The topological polar surface area (TPSA) is 104 Å². The summed E-state index contributed by atoms with van der Waals surface area (Å²) in [6.45, 7) is 0.799. The first-order valence-corrected chi connectivity index (χ1v) is 9.29. The number of hydrogen-bond donors (Lipinski definition) is 1. The van der Waals surface area contributed by atoms with Crippen molar-refractivity contribution in [2.75, 3.05) is 12.3 Å². The summed E-state index contributed by atoms with van der Waals surface area (Å²) in [5.74, 6) is 1.000. The minimum Gasteiger partial charge on any atom is -0.378 e. The van der Waals surface area contributed by atoms with Gasteiger partial charge in [0, 0.05) is 24.2 Å². The summed E-state index contributed by atoms with van der Waals surface area (Å²) >= 11 is 0. The van der Waals surface area contributed by atoms with Gasteiger partial charge < -0.3 is 10.5 Å². The van der Waals surface area contributed by atoms with E-state index in [1.807, 2.05) is 36.4 Å². The van der Waals surface area contributed by atoms with E-state index in [2.05, 4.69) is 20.3 Å². The lowest BCUT2D eigenvalue weighted by Gasteiger charge is -2.11. The van der Waals surface area contributed by atoms with E-state index in [0.717, 1.165) is 41.8 Å². The third-order valence-electron chi connectivity index (χ3n) is 4.91. The molecule has 1 fully saturated rings. The minimum atomic E-state index is 0.159. The molecule has 0 aliphatic carbocycles. The first kappa shape index (κ1) is 16.8. The zero-order valence-electron chi connectivity index (χ0n) is 15.2. The molecule has 1 unspecified atom stereocenters. The summed E-state index contributed by atoms with van der Waals surface area (Å²) in [7, 11) is 0. The molecule has 4 aromatic rings. The Bertz CT molecular complexity index is 1110. The van der Waals surface area contributed by atoms with Crippen molar-refractivity contribution in [3.8, 4) is 22.4 Å². The molecule has 0 bridgehead atoms. The van der Waals surface area contributed by atoms with E-state index in [4.69, 9.17) is 15.5 Å². The number of fused-ring (bicyclic) bond motifs is 1. The van der Waals surface area contributed by atoms with Crippen molar-refractivity contribution < 1.29 is 4.74 Å². The lowest BCUT2D eigenvalue weighted by molar-refractivity contribution is 0.110. The number of benzene rings is 1. The zero-order valence-corrected chi connectivity index (χ0v) is 15.2. The Morgan fingerprint density at radius 2 is 1.96 bits per heavy atom. The third kappa shape index (κ3) is 2.97. The van der Waals surface area contributed by atoms with E-state index >= 15 is 0 Å². The van der Waals surface area contributed by atoms with Crippen LogP contribution in [-0.2, 0) is 11.2 Å². The maximum absolute atomic E-state index is 6.25. The monoisotopic (exact) mass is 373 g/mol. The summed E-state index contributed by atoms with van der Waals surface area (Å²) < 4.78 is 7.34. The van der Waals surface area contributed by atoms with Crippen LogP contribution in [0.3, 0.4) is 0 Å². The zero-order chi connectivity index (χ0) is 18.9. The van der Waals surface area contributed by atoms with Gasteiger partial charge >= 0.3 is 0 Å². The first-order chi connectivity index (χ1) is 13.8. The highest BCUT2D eigenvalue weighted by Gasteiger charge is 2.23. The van der Waals surface area contributed by atoms with E-state index in [-0.39, 0.29) is 6.10 Å². The van der Waals surface area contributed by atoms with Crippen LogP contribution in [0.5, 0.6) is 0 Å². The highest BCUT2D eigenvalue weighted by atomic mass is 16.5. The van der Waals surface area contributed by atoms with Gasteiger partial charge in [-0.05, 0) is 18.9 Å². The van der Waals surface area contributed by atoms with Crippen LogP contribution in [0.2, 0.25) is 0 Å². The lowest BCUT2D eigenvalue weighted by atomic mass is 10.0. The number of nitrogens with two attached hydrogens (primary N) is 1. The van der Waals surface area contributed by atoms with Gasteiger partial charge in [0.15, 0.2) is 11.5 Å². The molecular weight excluding hydrogens is 354 g/mol. The Morgan fingerprint density at radius 3 is 2.71 bits per heavy atom. The Balaban J connectivity index is 1.73. The average Bonchev–Trinajstić information content (AvgIpc) is 3.40. The van der Waals surface area contributed by atoms with Crippen molar-refractivity contribution in [1.29, 1.82) is 0 Å². The molecule has 2 N–H and O–H groups in total. The van der Waals surface area contributed by atoms with Crippen molar-refractivity contribution in [3.05, 3.63) is 54.6 Å². The van der Waals surface area contributed by atoms with Gasteiger partial charge in [-0.1, -0.05) is 30.3 Å². The van der Waals surface area contributed by atoms with E-state index in [1.165, 1.54) is 0 Å². The Labute approximate surface area is 161 Å². The van der Waals surface area contributed by atoms with E-state index in [0.29, 0.717) is 23.8 Å². The highest BCUT2D eigenvalue weighted by molar-refractivity contribution is 5.90. The van der Waals surface area contributed by atoms with Gasteiger partial charge in [-0.25, -0.2) is 9.97 Å². The van der Waals surface area contributed by atoms with Gasteiger partial charge in [-0.2, -0.15) is 14.7 Å². The molecule has 1 aliphatic rings. The summed E-state index contributed by atoms with van der Waals surface area (Å²) in [4.78, 5) is 9.46. The number of hydrogen-bond acceptors (Lipinski definition) is 7. The van der Waals surface area contributed by atoms with Crippen LogP contribution in [0.1, 0.15) is 18.7 Å². The van der Waals surface area contributed by atoms with Crippen LogP contribution in [0.25, 0.3) is 28.0 Å². The highest BCUT2D eigenvalue weighted by Crippen LogP contribution is 2.34. The molecular formula is C20H19N7O. The summed E-state index contributed by atoms with van der Waals surface area (Å²) in [5, 5.41) is 12.5. The summed E-state index contributed by atoms with van der Waals surface area (Å²) in [5.41, 5.74) is 10.3. The molecule has 3 aromatic heterocycles. The quantitative estimate of drug-likeness (QED) is 0.586. The molecule has 0 spiro atoms. The van der Waals surface area contributed by atoms with Crippen molar-refractivity contribution in [2.45, 2.75) is 25.4 Å². The normalized spacial score (nSPS) is 16.6. The first-order valence-electron chi connectivity index (χ1n) is 9.29. The lowest BCUT2D eigenvalue weighted by Crippen LogP contribution is -2.10. The molecule has 1 aliphatic heterocycles. The average molecular weight is 373 g/mol. The maximum Gasteiger partial charge on any atom is 0.223 e. The van der Waals surface area contributed by atoms with Crippen molar-refractivity contribution in [1.82, 2.24) is 29.8 Å². The van der Waals surface area contributed by atoms with Gasteiger partial charge in [0.05, 0.1) is 29.8 Å². The van der Waals surface area contributed by atoms with Crippen molar-refractivity contribution in [3.63, 3.8) is 0 Å². The summed E-state index contributed by atoms with van der Waals surface area (Å²) in [6.07, 6.45) is 6.28. The molecule has 5 rings (SSSR count). The molecule has 8 heteroatoms. The fraction of sp³-hybridized carbons (Fsp3) is 0.250. The van der Waals surface area contributed by atoms with Gasteiger partial charge in [-0.15, -0.1) is 5.10 Å². The molecule has 140 valence electrons. The molecule has 28 heavy (non-hydrogen) atoms. The number of rotatable bonds is 4. The second kappa shape index (κ2) is 6.97.